The van der Waals surface area contributed by atoms with E-state index in [0.717, 1.165) is 30.5 Å². The molecule has 33 heavy (non-hydrogen) atoms. The Balaban J connectivity index is 1.36. The number of alkyl halides is 3. The molecule has 1 amide bonds. The van der Waals surface area contributed by atoms with Crippen LogP contribution in [0.2, 0.25) is 0 Å². The second-order valence-electron chi connectivity index (χ2n) is 7.80. The number of anilines is 2. The Morgan fingerprint density at radius 2 is 1.97 bits per heavy atom. The molecule has 1 atom stereocenters. The Hall–Kier alpha value is -3.75. The number of nitrogens with zero attached hydrogens (tertiary/aromatic N) is 1. The molecule has 0 radical (unpaired) electrons. The fraction of sp³-hybridized carbons (Fsp3) is 0.250. The normalized spacial score (nSPS) is 15.3. The van der Waals surface area contributed by atoms with Gasteiger partial charge in [-0.05, 0) is 43.2 Å². The molecule has 4 rings (SSSR count). The van der Waals surface area contributed by atoms with Gasteiger partial charge in [0.05, 0.1) is 12.1 Å². The molecule has 0 unspecified atom stereocenters. The van der Waals surface area contributed by atoms with Crippen LogP contribution in [0.4, 0.5) is 24.5 Å². The molecule has 0 aliphatic carbocycles. The van der Waals surface area contributed by atoms with E-state index in [1.807, 2.05) is 18.2 Å². The van der Waals surface area contributed by atoms with Crippen LogP contribution in [0.3, 0.4) is 0 Å². The first kappa shape index (κ1) is 22.4. The van der Waals surface area contributed by atoms with Crippen LogP contribution in [0.15, 0.2) is 70.1 Å². The number of fused-ring (bicyclic) bond motifs is 1. The molecule has 0 bridgehead atoms. The molecule has 0 saturated carbocycles. The maximum atomic E-state index is 12.8. The van der Waals surface area contributed by atoms with Crippen LogP contribution in [0.5, 0.6) is 5.75 Å². The van der Waals surface area contributed by atoms with Gasteiger partial charge in [-0.25, -0.2) is 0 Å². The summed E-state index contributed by atoms with van der Waals surface area (Å²) in [5.41, 5.74) is 0.967. The number of rotatable bonds is 6. The second-order valence-corrected chi connectivity index (χ2v) is 7.80. The molecule has 2 heterocycles. The number of carbonyl (C=O) groups excluding carboxylic acids is 1. The number of hydrogen-bond acceptors (Lipinski definition) is 5. The Kier molecular flexibility index (Phi) is 6.13. The number of halogens is 3. The minimum Gasteiger partial charge on any atom is -0.477 e. The van der Waals surface area contributed by atoms with E-state index in [4.69, 9.17) is 9.15 Å². The largest absolute Gasteiger partial charge is 0.477 e. The van der Waals surface area contributed by atoms with Gasteiger partial charge >= 0.3 is 6.18 Å². The number of amides is 1. The third-order valence-electron chi connectivity index (χ3n) is 5.36. The van der Waals surface area contributed by atoms with E-state index in [1.54, 1.807) is 0 Å². The van der Waals surface area contributed by atoms with Crippen LogP contribution in [0.1, 0.15) is 23.8 Å². The number of nitrogens with one attached hydrogen (secondary N) is 1. The van der Waals surface area contributed by atoms with Gasteiger partial charge in [-0.3, -0.25) is 9.59 Å². The highest BCUT2D eigenvalue weighted by Crippen LogP contribution is 2.33. The van der Waals surface area contributed by atoms with Crippen molar-refractivity contribution in [1.29, 1.82) is 0 Å². The van der Waals surface area contributed by atoms with Crippen molar-refractivity contribution in [2.24, 2.45) is 0 Å². The van der Waals surface area contributed by atoms with Gasteiger partial charge in [-0.1, -0.05) is 24.3 Å². The van der Waals surface area contributed by atoms with E-state index in [1.165, 1.54) is 23.8 Å². The molecule has 172 valence electrons. The summed E-state index contributed by atoms with van der Waals surface area (Å²) >= 11 is 0. The van der Waals surface area contributed by atoms with Crippen LogP contribution < -0.4 is 20.4 Å². The van der Waals surface area contributed by atoms with E-state index in [0.29, 0.717) is 12.3 Å². The summed E-state index contributed by atoms with van der Waals surface area (Å²) in [7, 11) is 0. The molecule has 1 aliphatic heterocycles. The molecule has 2 aromatic carbocycles. The highest BCUT2D eigenvalue weighted by atomic mass is 19.4. The average Bonchev–Trinajstić information content (AvgIpc) is 3.08. The number of ether oxygens (including phenoxy) is 1. The van der Waals surface area contributed by atoms with Crippen molar-refractivity contribution in [2.45, 2.75) is 32.1 Å². The SMILES string of the molecule is C[C@H]1Cc2ccccc2N1Cc1cc(=O)c(OCC(=O)Nc2cccc(C(F)(F)F)c2)co1. The Bertz CT molecular complexity index is 1220. The topological polar surface area (TPSA) is 71.8 Å². The molecule has 9 heteroatoms. The van der Waals surface area contributed by atoms with Crippen molar-refractivity contribution in [3.63, 3.8) is 0 Å². The van der Waals surface area contributed by atoms with Gasteiger partial charge < -0.3 is 19.4 Å². The van der Waals surface area contributed by atoms with Gasteiger partial charge in [0.15, 0.2) is 6.61 Å². The molecular weight excluding hydrogens is 437 g/mol. The summed E-state index contributed by atoms with van der Waals surface area (Å²) in [4.78, 5) is 26.6. The van der Waals surface area contributed by atoms with Crippen molar-refractivity contribution in [2.75, 3.05) is 16.8 Å². The van der Waals surface area contributed by atoms with Crippen molar-refractivity contribution in [1.82, 2.24) is 0 Å². The fourth-order valence-electron chi connectivity index (χ4n) is 3.78. The third kappa shape index (κ3) is 5.19. The molecule has 3 aromatic rings. The summed E-state index contributed by atoms with van der Waals surface area (Å²) in [6.45, 7) is 1.94. The first-order valence-corrected chi connectivity index (χ1v) is 10.3. The van der Waals surface area contributed by atoms with E-state index >= 15 is 0 Å². The number of benzene rings is 2. The number of carbonyl (C=O) groups is 1. The van der Waals surface area contributed by atoms with Gasteiger partial charge in [0, 0.05) is 23.5 Å². The lowest BCUT2D eigenvalue weighted by Gasteiger charge is -2.24. The molecular formula is C24H21F3N2O4. The molecule has 6 nitrogen and oxygen atoms in total. The second kappa shape index (κ2) is 9.01. The lowest BCUT2D eigenvalue weighted by Crippen LogP contribution is -2.29. The Labute approximate surface area is 187 Å². The predicted molar refractivity (Wildman–Crippen MR) is 116 cm³/mol. The van der Waals surface area contributed by atoms with Crippen LogP contribution in [-0.4, -0.2) is 18.6 Å². The molecule has 0 spiro atoms. The highest BCUT2D eigenvalue weighted by Gasteiger charge is 2.30. The zero-order valence-corrected chi connectivity index (χ0v) is 17.7. The van der Waals surface area contributed by atoms with Gasteiger partial charge in [0.1, 0.15) is 12.0 Å². The van der Waals surface area contributed by atoms with Crippen LogP contribution in [-0.2, 0) is 23.9 Å². The van der Waals surface area contributed by atoms with Crippen LogP contribution in [0.25, 0.3) is 0 Å². The van der Waals surface area contributed by atoms with Gasteiger partial charge in [0.2, 0.25) is 11.2 Å². The van der Waals surface area contributed by atoms with E-state index in [2.05, 4.69) is 23.2 Å². The first-order chi connectivity index (χ1) is 15.7. The first-order valence-electron chi connectivity index (χ1n) is 10.3. The summed E-state index contributed by atoms with van der Waals surface area (Å²) in [6.07, 6.45) is -2.47. The third-order valence-corrected chi connectivity index (χ3v) is 5.36. The quantitative estimate of drug-likeness (QED) is 0.583. The van der Waals surface area contributed by atoms with Gasteiger partial charge in [-0.2, -0.15) is 13.2 Å². The Morgan fingerprint density at radius 3 is 2.73 bits per heavy atom. The average molecular weight is 458 g/mol. The maximum Gasteiger partial charge on any atom is 0.416 e. The molecule has 1 aromatic heterocycles. The van der Waals surface area contributed by atoms with Gasteiger partial charge in [-0.15, -0.1) is 0 Å². The van der Waals surface area contributed by atoms with Gasteiger partial charge in [0.25, 0.3) is 5.91 Å². The standard InChI is InChI=1S/C24H21F3N2O4/c1-15-9-16-5-2-3-8-20(16)29(15)12-19-11-21(30)22(13-32-19)33-14-23(31)28-18-7-4-6-17(10-18)24(25,26)27/h2-8,10-11,13,15H,9,12,14H2,1H3,(H,28,31)/t15-/m0/s1. The van der Waals surface area contributed by atoms with E-state index in [9.17, 15) is 22.8 Å². The van der Waals surface area contributed by atoms with Crippen molar-refractivity contribution in [3.05, 3.63) is 88.0 Å². The van der Waals surface area contributed by atoms with E-state index in [-0.39, 0.29) is 17.5 Å². The Morgan fingerprint density at radius 1 is 1.18 bits per heavy atom. The van der Waals surface area contributed by atoms with Crippen molar-refractivity contribution in [3.8, 4) is 5.75 Å². The molecule has 1 N–H and O–H groups in total. The fourth-order valence-corrected chi connectivity index (χ4v) is 3.78. The predicted octanol–water partition coefficient (Wildman–Crippen LogP) is 4.63. The maximum absolute atomic E-state index is 12.8. The summed E-state index contributed by atoms with van der Waals surface area (Å²) in [5.74, 6) is -0.419. The zero-order valence-electron chi connectivity index (χ0n) is 17.7. The minimum absolute atomic E-state index is 0.0270. The lowest BCUT2D eigenvalue weighted by molar-refractivity contribution is -0.137. The zero-order chi connectivity index (χ0) is 23.6. The van der Waals surface area contributed by atoms with Crippen LogP contribution in [0, 0.1) is 0 Å². The van der Waals surface area contributed by atoms with Crippen LogP contribution >= 0.6 is 0 Å². The van der Waals surface area contributed by atoms with Crippen molar-refractivity contribution >= 4 is 17.3 Å². The molecule has 0 saturated heterocycles. The minimum atomic E-state index is -4.52. The number of para-hydroxylation sites is 1. The van der Waals surface area contributed by atoms with Crippen molar-refractivity contribution < 1.29 is 27.1 Å². The highest BCUT2D eigenvalue weighted by molar-refractivity contribution is 5.91. The summed E-state index contributed by atoms with van der Waals surface area (Å²) < 4.78 is 49.1. The molecule has 1 aliphatic rings. The lowest BCUT2D eigenvalue weighted by atomic mass is 10.1. The smallest absolute Gasteiger partial charge is 0.416 e. The number of hydrogen-bond donors (Lipinski definition) is 1. The molecule has 0 fully saturated rings. The summed E-state index contributed by atoms with van der Waals surface area (Å²) in [5, 5.41) is 2.31. The monoisotopic (exact) mass is 458 g/mol. The summed E-state index contributed by atoms with van der Waals surface area (Å²) in [6, 6.07) is 13.8. The van der Waals surface area contributed by atoms with E-state index < -0.39 is 29.7 Å².